The SMILES string of the molecule is CCCC/C(=C/C(C)C)P(=O)(OCC)OCC. The first-order chi connectivity index (χ1) is 8.00. The molecule has 0 saturated carbocycles. The first kappa shape index (κ1) is 16.9. The van der Waals surface area contributed by atoms with Crippen molar-refractivity contribution in [3.05, 3.63) is 11.4 Å². The van der Waals surface area contributed by atoms with Gasteiger partial charge in [0.1, 0.15) is 0 Å². The number of unbranched alkanes of at least 4 members (excludes halogenated alkanes) is 1. The van der Waals surface area contributed by atoms with Crippen LogP contribution in [0.5, 0.6) is 0 Å². The Morgan fingerprint density at radius 3 is 2.06 bits per heavy atom. The van der Waals surface area contributed by atoms with E-state index in [0.717, 1.165) is 24.6 Å². The van der Waals surface area contributed by atoms with Gasteiger partial charge in [0.05, 0.1) is 13.2 Å². The minimum absolute atomic E-state index is 0.357. The lowest BCUT2D eigenvalue weighted by atomic mass is 10.1. The number of allylic oxidation sites excluding steroid dienone is 2. The Morgan fingerprint density at radius 1 is 1.18 bits per heavy atom. The fourth-order valence-corrected chi connectivity index (χ4v) is 3.60. The molecule has 0 bridgehead atoms. The molecule has 0 amide bonds. The highest BCUT2D eigenvalue weighted by molar-refractivity contribution is 7.58. The van der Waals surface area contributed by atoms with E-state index in [0.29, 0.717) is 19.1 Å². The van der Waals surface area contributed by atoms with E-state index in [-0.39, 0.29) is 0 Å². The molecule has 0 aromatic heterocycles. The van der Waals surface area contributed by atoms with Gasteiger partial charge in [0.15, 0.2) is 0 Å². The maximum atomic E-state index is 12.6. The lowest BCUT2D eigenvalue weighted by molar-refractivity contribution is 0.225. The van der Waals surface area contributed by atoms with E-state index in [1.165, 1.54) is 0 Å². The summed E-state index contributed by atoms with van der Waals surface area (Å²) in [4.78, 5) is 0. The molecule has 0 aromatic carbocycles. The zero-order valence-electron chi connectivity index (χ0n) is 11.9. The Morgan fingerprint density at radius 2 is 1.71 bits per heavy atom. The molecule has 3 nitrogen and oxygen atoms in total. The van der Waals surface area contributed by atoms with E-state index in [2.05, 4.69) is 20.8 Å². The highest BCUT2D eigenvalue weighted by atomic mass is 31.2. The van der Waals surface area contributed by atoms with Gasteiger partial charge in [-0.05, 0) is 32.6 Å². The Bertz CT molecular complexity index is 262. The lowest BCUT2D eigenvalue weighted by Crippen LogP contribution is -2.00. The summed E-state index contributed by atoms with van der Waals surface area (Å²) in [6.45, 7) is 10.8. The Balaban J connectivity index is 4.99. The third kappa shape index (κ3) is 6.40. The van der Waals surface area contributed by atoms with Gasteiger partial charge < -0.3 is 9.05 Å². The average Bonchev–Trinajstić information content (AvgIpc) is 2.24. The average molecular weight is 262 g/mol. The van der Waals surface area contributed by atoms with Crippen LogP contribution in [-0.2, 0) is 13.6 Å². The van der Waals surface area contributed by atoms with Crippen molar-refractivity contribution in [2.24, 2.45) is 5.92 Å². The van der Waals surface area contributed by atoms with Gasteiger partial charge in [-0.1, -0.05) is 33.3 Å². The second-order valence-corrected chi connectivity index (χ2v) is 6.42. The standard InChI is InChI=1S/C13H27O3P/c1-6-9-10-13(11-12(4)5)17(14,15-7-2)16-8-3/h11-12H,6-10H2,1-5H3/b13-11-. The summed E-state index contributed by atoms with van der Waals surface area (Å²) in [5.74, 6) is 0.357. The van der Waals surface area contributed by atoms with Crippen molar-refractivity contribution in [3.8, 4) is 0 Å². The summed E-state index contributed by atoms with van der Waals surface area (Å²) in [5, 5.41) is 0.845. The maximum absolute atomic E-state index is 12.6. The minimum Gasteiger partial charge on any atom is -0.306 e. The Kier molecular flexibility index (Phi) is 8.85. The van der Waals surface area contributed by atoms with E-state index in [4.69, 9.17) is 9.05 Å². The molecule has 0 aromatic rings. The second-order valence-electron chi connectivity index (χ2n) is 4.34. The molecule has 0 aliphatic rings. The molecule has 4 heteroatoms. The predicted octanol–water partition coefficient (Wildman–Crippen LogP) is 4.98. The van der Waals surface area contributed by atoms with Gasteiger partial charge >= 0.3 is 7.60 Å². The van der Waals surface area contributed by atoms with Gasteiger partial charge in [-0.2, -0.15) is 0 Å². The van der Waals surface area contributed by atoms with Gasteiger partial charge in [0, 0.05) is 5.31 Å². The molecule has 17 heavy (non-hydrogen) atoms. The number of rotatable bonds is 9. The monoisotopic (exact) mass is 262 g/mol. The molecule has 0 spiro atoms. The molecule has 0 aliphatic carbocycles. The van der Waals surface area contributed by atoms with Crippen LogP contribution in [0.3, 0.4) is 0 Å². The van der Waals surface area contributed by atoms with E-state index >= 15 is 0 Å². The van der Waals surface area contributed by atoms with E-state index in [9.17, 15) is 4.57 Å². The van der Waals surface area contributed by atoms with Crippen molar-refractivity contribution in [2.75, 3.05) is 13.2 Å². The molecule has 102 valence electrons. The summed E-state index contributed by atoms with van der Waals surface area (Å²) < 4.78 is 23.4. The van der Waals surface area contributed by atoms with Crippen LogP contribution >= 0.6 is 7.60 Å². The van der Waals surface area contributed by atoms with Crippen LogP contribution < -0.4 is 0 Å². The minimum atomic E-state index is -3.05. The quantitative estimate of drug-likeness (QED) is 0.549. The predicted molar refractivity (Wildman–Crippen MR) is 73.3 cm³/mol. The molecule has 0 fully saturated rings. The fraction of sp³-hybridized carbons (Fsp3) is 0.846. The van der Waals surface area contributed by atoms with Crippen LogP contribution in [0.25, 0.3) is 0 Å². The molecular weight excluding hydrogens is 235 g/mol. The molecule has 0 atom stereocenters. The first-order valence-electron chi connectivity index (χ1n) is 6.60. The van der Waals surface area contributed by atoms with Crippen molar-refractivity contribution < 1.29 is 13.6 Å². The number of hydrogen-bond donors (Lipinski definition) is 0. The van der Waals surface area contributed by atoms with Gasteiger partial charge in [-0.3, -0.25) is 4.57 Å². The number of hydrogen-bond acceptors (Lipinski definition) is 3. The molecule has 0 unspecified atom stereocenters. The molecule has 0 rings (SSSR count). The van der Waals surface area contributed by atoms with E-state index in [1.54, 1.807) is 0 Å². The molecule has 0 saturated heterocycles. The van der Waals surface area contributed by atoms with Crippen LogP contribution in [0.2, 0.25) is 0 Å². The van der Waals surface area contributed by atoms with Gasteiger partial charge in [0.2, 0.25) is 0 Å². The highest BCUT2D eigenvalue weighted by Crippen LogP contribution is 2.57. The smallest absolute Gasteiger partial charge is 0.306 e. The van der Waals surface area contributed by atoms with Crippen LogP contribution in [-0.4, -0.2) is 13.2 Å². The second kappa shape index (κ2) is 8.91. The van der Waals surface area contributed by atoms with Crippen molar-refractivity contribution in [1.29, 1.82) is 0 Å². The zero-order valence-corrected chi connectivity index (χ0v) is 12.8. The Hall–Kier alpha value is -0.110. The highest BCUT2D eigenvalue weighted by Gasteiger charge is 2.28. The van der Waals surface area contributed by atoms with E-state index < -0.39 is 7.60 Å². The summed E-state index contributed by atoms with van der Waals surface area (Å²) in [7, 11) is -3.05. The topological polar surface area (TPSA) is 35.5 Å². The van der Waals surface area contributed by atoms with Crippen molar-refractivity contribution in [1.82, 2.24) is 0 Å². The summed E-state index contributed by atoms with van der Waals surface area (Å²) in [6.07, 6.45) is 4.92. The molecular formula is C13H27O3P. The van der Waals surface area contributed by atoms with Crippen LogP contribution in [0.15, 0.2) is 11.4 Å². The van der Waals surface area contributed by atoms with Crippen molar-refractivity contribution in [3.63, 3.8) is 0 Å². The van der Waals surface area contributed by atoms with Crippen LogP contribution in [0.1, 0.15) is 53.9 Å². The van der Waals surface area contributed by atoms with Crippen molar-refractivity contribution >= 4 is 7.60 Å². The molecule has 0 radical (unpaired) electrons. The van der Waals surface area contributed by atoms with Gasteiger partial charge in [-0.25, -0.2) is 0 Å². The van der Waals surface area contributed by atoms with Crippen LogP contribution in [0.4, 0.5) is 0 Å². The molecule has 0 N–H and O–H groups in total. The zero-order chi connectivity index (χ0) is 13.3. The molecule has 0 heterocycles. The largest absolute Gasteiger partial charge is 0.356 e. The Labute approximate surface area is 106 Å². The third-order valence-electron chi connectivity index (χ3n) is 2.26. The van der Waals surface area contributed by atoms with E-state index in [1.807, 2.05) is 19.9 Å². The summed E-state index contributed by atoms with van der Waals surface area (Å²) in [6, 6.07) is 0. The summed E-state index contributed by atoms with van der Waals surface area (Å²) >= 11 is 0. The normalized spacial score (nSPS) is 13.4. The third-order valence-corrected chi connectivity index (χ3v) is 4.53. The van der Waals surface area contributed by atoms with Gasteiger partial charge in [-0.15, -0.1) is 0 Å². The van der Waals surface area contributed by atoms with Crippen molar-refractivity contribution in [2.45, 2.75) is 53.9 Å². The summed E-state index contributed by atoms with van der Waals surface area (Å²) in [5.41, 5.74) is 0. The fourth-order valence-electron chi connectivity index (χ4n) is 1.60. The van der Waals surface area contributed by atoms with Gasteiger partial charge in [0.25, 0.3) is 0 Å². The molecule has 0 aliphatic heterocycles. The van der Waals surface area contributed by atoms with Crippen LogP contribution in [0, 0.1) is 5.92 Å². The first-order valence-corrected chi connectivity index (χ1v) is 8.14. The lowest BCUT2D eigenvalue weighted by Gasteiger charge is -2.20. The maximum Gasteiger partial charge on any atom is 0.356 e.